The second-order valence-corrected chi connectivity index (χ2v) is 4.17. The normalized spacial score (nSPS) is 11.5. The van der Waals surface area contributed by atoms with Crippen molar-refractivity contribution in [3.8, 4) is 0 Å². The van der Waals surface area contributed by atoms with E-state index >= 15 is 0 Å². The maximum Gasteiger partial charge on any atom is 0.305 e. The first-order chi connectivity index (χ1) is 9.42. The van der Waals surface area contributed by atoms with Crippen LogP contribution >= 0.6 is 0 Å². The van der Waals surface area contributed by atoms with E-state index in [2.05, 4.69) is 10.6 Å². The van der Waals surface area contributed by atoms with Crippen molar-refractivity contribution in [1.82, 2.24) is 0 Å². The van der Waals surface area contributed by atoms with Gasteiger partial charge in [-0.15, -0.1) is 0 Å². The predicted molar refractivity (Wildman–Crippen MR) is 74.2 cm³/mol. The monoisotopic (exact) mass is 279 g/mol. The Balaban J connectivity index is 2.59. The van der Waals surface area contributed by atoms with Crippen molar-refractivity contribution in [2.75, 3.05) is 10.6 Å². The van der Waals surface area contributed by atoms with Crippen LogP contribution in [0.5, 0.6) is 0 Å². The van der Waals surface area contributed by atoms with E-state index in [1.54, 1.807) is 31.2 Å². The zero-order chi connectivity index (χ0) is 15.1. The van der Waals surface area contributed by atoms with Gasteiger partial charge in [0, 0.05) is 17.8 Å². The Kier molecular flexibility index (Phi) is 5.67. The summed E-state index contributed by atoms with van der Waals surface area (Å²) in [4.78, 5) is 33.2. The van der Waals surface area contributed by atoms with E-state index in [1.807, 2.05) is 0 Å². The molecule has 5 N–H and O–H groups in total. The lowest BCUT2D eigenvalue weighted by Crippen LogP contribution is -2.37. The number of hydrogen-bond donors (Lipinski definition) is 4. The molecule has 1 rings (SSSR count). The molecule has 0 radical (unpaired) electrons. The van der Waals surface area contributed by atoms with Crippen LogP contribution in [-0.2, 0) is 14.4 Å². The van der Waals surface area contributed by atoms with E-state index in [-0.39, 0.29) is 5.91 Å². The molecule has 1 aromatic carbocycles. The number of rotatable bonds is 6. The molecule has 1 unspecified atom stereocenters. The molecule has 0 spiro atoms. The van der Waals surface area contributed by atoms with Crippen LogP contribution in [0.1, 0.15) is 19.8 Å². The number of carbonyl (C=O) groups excluding carboxylic acids is 2. The van der Waals surface area contributed by atoms with Gasteiger partial charge in [0.05, 0.1) is 12.5 Å². The maximum atomic E-state index is 11.6. The highest BCUT2D eigenvalue weighted by Gasteiger charge is 2.16. The molecule has 0 fully saturated rings. The molecule has 108 valence electrons. The minimum atomic E-state index is -1.13. The molecule has 1 aromatic rings. The Bertz CT molecular complexity index is 499. The van der Waals surface area contributed by atoms with Crippen molar-refractivity contribution >= 4 is 29.2 Å². The van der Waals surface area contributed by atoms with Crippen molar-refractivity contribution in [3.63, 3.8) is 0 Å². The Morgan fingerprint density at radius 1 is 1.15 bits per heavy atom. The van der Waals surface area contributed by atoms with Crippen LogP contribution in [0.2, 0.25) is 0 Å². The van der Waals surface area contributed by atoms with Crippen molar-refractivity contribution < 1.29 is 19.5 Å². The topological polar surface area (TPSA) is 122 Å². The van der Waals surface area contributed by atoms with Gasteiger partial charge >= 0.3 is 5.97 Å². The molecule has 1 atom stereocenters. The summed E-state index contributed by atoms with van der Waals surface area (Å²) in [6.45, 7) is 1.74. The van der Waals surface area contributed by atoms with Crippen LogP contribution in [-0.4, -0.2) is 28.9 Å². The van der Waals surface area contributed by atoms with E-state index in [4.69, 9.17) is 10.8 Å². The summed E-state index contributed by atoms with van der Waals surface area (Å²) in [6.07, 6.45) is -0.0565. The summed E-state index contributed by atoms with van der Waals surface area (Å²) < 4.78 is 0. The fourth-order valence-corrected chi connectivity index (χ4v) is 1.40. The van der Waals surface area contributed by atoms with Gasteiger partial charge in [0.2, 0.25) is 11.8 Å². The molecule has 0 aliphatic carbocycles. The van der Waals surface area contributed by atoms with Crippen LogP contribution in [0.15, 0.2) is 24.3 Å². The number of hydrogen-bond acceptors (Lipinski definition) is 4. The highest BCUT2D eigenvalue weighted by atomic mass is 16.4. The van der Waals surface area contributed by atoms with E-state index in [0.29, 0.717) is 17.8 Å². The molecule has 20 heavy (non-hydrogen) atoms. The number of aliphatic carboxylic acids is 1. The number of carboxylic acid groups (broad SMARTS) is 1. The van der Waals surface area contributed by atoms with Gasteiger partial charge in [-0.05, 0) is 24.3 Å². The summed E-state index contributed by atoms with van der Waals surface area (Å²) in [5.41, 5.74) is 6.52. The largest absolute Gasteiger partial charge is 0.481 e. The summed E-state index contributed by atoms with van der Waals surface area (Å²) in [7, 11) is 0. The maximum absolute atomic E-state index is 11.6. The number of benzene rings is 1. The SMILES string of the molecule is CCC(=O)Nc1ccc(NC(=O)C(N)CC(=O)O)cc1. The minimum absolute atomic E-state index is 0.106. The van der Waals surface area contributed by atoms with Crippen molar-refractivity contribution in [2.45, 2.75) is 25.8 Å². The molecule has 2 amide bonds. The summed E-state index contributed by atoms with van der Waals surface area (Å²) in [5.74, 6) is -1.81. The molecular weight excluding hydrogens is 262 g/mol. The zero-order valence-electron chi connectivity index (χ0n) is 11.1. The van der Waals surface area contributed by atoms with Crippen LogP contribution in [0, 0.1) is 0 Å². The van der Waals surface area contributed by atoms with Crippen LogP contribution in [0.25, 0.3) is 0 Å². The van der Waals surface area contributed by atoms with Gasteiger partial charge in [-0.1, -0.05) is 6.92 Å². The van der Waals surface area contributed by atoms with Gasteiger partial charge < -0.3 is 21.5 Å². The molecule has 0 aliphatic heterocycles. The number of carbonyl (C=O) groups is 3. The number of anilines is 2. The van der Waals surface area contributed by atoms with Gasteiger partial charge in [0.15, 0.2) is 0 Å². The van der Waals surface area contributed by atoms with Crippen LogP contribution in [0.3, 0.4) is 0 Å². The minimum Gasteiger partial charge on any atom is -0.481 e. The zero-order valence-corrected chi connectivity index (χ0v) is 11.1. The van der Waals surface area contributed by atoms with Gasteiger partial charge in [-0.2, -0.15) is 0 Å². The fourth-order valence-electron chi connectivity index (χ4n) is 1.40. The van der Waals surface area contributed by atoms with Crippen molar-refractivity contribution in [3.05, 3.63) is 24.3 Å². The number of amides is 2. The molecule has 0 heterocycles. The third-order valence-corrected chi connectivity index (χ3v) is 2.49. The lowest BCUT2D eigenvalue weighted by atomic mass is 10.2. The molecule has 0 saturated heterocycles. The van der Waals surface area contributed by atoms with Crippen LogP contribution in [0.4, 0.5) is 11.4 Å². The third-order valence-electron chi connectivity index (χ3n) is 2.49. The average Bonchev–Trinajstić information content (AvgIpc) is 2.40. The lowest BCUT2D eigenvalue weighted by molar-refractivity contribution is -0.138. The van der Waals surface area contributed by atoms with Gasteiger partial charge in [-0.25, -0.2) is 0 Å². The molecular formula is C13H17N3O4. The van der Waals surface area contributed by atoms with Gasteiger partial charge in [0.1, 0.15) is 0 Å². The second kappa shape index (κ2) is 7.25. The first kappa shape index (κ1) is 15.6. The molecule has 0 saturated carbocycles. The van der Waals surface area contributed by atoms with E-state index in [0.717, 1.165) is 0 Å². The number of nitrogens with one attached hydrogen (secondary N) is 2. The fraction of sp³-hybridized carbons (Fsp3) is 0.308. The standard InChI is InChI=1S/C13H17N3O4/c1-2-11(17)15-8-3-5-9(6-4-8)16-13(20)10(14)7-12(18)19/h3-6,10H,2,7,14H2,1H3,(H,15,17)(H,16,20)(H,18,19). The molecule has 0 aliphatic rings. The first-order valence-electron chi connectivity index (χ1n) is 6.10. The predicted octanol–water partition coefficient (Wildman–Crippen LogP) is 0.776. The van der Waals surface area contributed by atoms with Gasteiger partial charge in [0.25, 0.3) is 0 Å². The molecule has 0 bridgehead atoms. The van der Waals surface area contributed by atoms with Crippen LogP contribution < -0.4 is 16.4 Å². The number of carboxylic acids is 1. The lowest BCUT2D eigenvalue weighted by Gasteiger charge is -2.11. The van der Waals surface area contributed by atoms with Gasteiger partial charge in [-0.3, -0.25) is 14.4 Å². The first-order valence-corrected chi connectivity index (χ1v) is 6.10. The van der Waals surface area contributed by atoms with E-state index in [9.17, 15) is 14.4 Å². The van der Waals surface area contributed by atoms with E-state index < -0.39 is 24.3 Å². The summed E-state index contributed by atoms with van der Waals surface area (Å²) in [6, 6.07) is 5.34. The Hall–Kier alpha value is -2.41. The molecule has 7 nitrogen and oxygen atoms in total. The summed E-state index contributed by atoms with van der Waals surface area (Å²) >= 11 is 0. The average molecular weight is 279 g/mol. The second-order valence-electron chi connectivity index (χ2n) is 4.17. The van der Waals surface area contributed by atoms with E-state index in [1.165, 1.54) is 0 Å². The van der Waals surface area contributed by atoms with Crippen molar-refractivity contribution in [1.29, 1.82) is 0 Å². The third kappa shape index (κ3) is 5.07. The Morgan fingerprint density at radius 3 is 2.10 bits per heavy atom. The number of nitrogens with two attached hydrogens (primary N) is 1. The molecule has 7 heteroatoms. The quantitative estimate of drug-likeness (QED) is 0.613. The molecule has 0 aromatic heterocycles. The highest BCUT2D eigenvalue weighted by Crippen LogP contribution is 2.14. The highest BCUT2D eigenvalue weighted by molar-refractivity contribution is 5.97. The van der Waals surface area contributed by atoms with Crippen molar-refractivity contribution in [2.24, 2.45) is 5.73 Å². The smallest absolute Gasteiger partial charge is 0.305 e. The Morgan fingerprint density at radius 2 is 1.65 bits per heavy atom. The summed E-state index contributed by atoms with van der Waals surface area (Å²) in [5, 5.41) is 13.7. The Labute approximate surface area is 116 Å².